The summed E-state index contributed by atoms with van der Waals surface area (Å²) in [5, 5.41) is 9.46. The largest absolute Gasteiger partial charge is 0.493 e. The van der Waals surface area contributed by atoms with Crippen LogP contribution in [0.1, 0.15) is 43.2 Å². The van der Waals surface area contributed by atoms with E-state index in [2.05, 4.69) is 42.5 Å². The predicted molar refractivity (Wildman–Crippen MR) is 106 cm³/mol. The molecule has 0 saturated heterocycles. The fraction of sp³-hybridized carbons (Fsp3) is 0.458. The van der Waals surface area contributed by atoms with E-state index in [-0.39, 0.29) is 11.8 Å². The van der Waals surface area contributed by atoms with Crippen LogP contribution in [0.3, 0.4) is 0 Å². The van der Waals surface area contributed by atoms with Gasteiger partial charge in [0.05, 0.1) is 12.5 Å². The molecule has 2 saturated carbocycles. The number of carboxylic acids is 1. The number of hydrogen-bond donors (Lipinski definition) is 1. The van der Waals surface area contributed by atoms with Crippen molar-refractivity contribution in [2.24, 2.45) is 23.7 Å². The van der Waals surface area contributed by atoms with Crippen molar-refractivity contribution in [3.05, 3.63) is 65.7 Å². The van der Waals surface area contributed by atoms with Gasteiger partial charge >= 0.3 is 5.97 Å². The number of carbonyl (C=O) groups is 1. The van der Waals surface area contributed by atoms with E-state index in [1.54, 1.807) is 0 Å². The van der Waals surface area contributed by atoms with E-state index in [4.69, 9.17) is 4.74 Å². The van der Waals surface area contributed by atoms with Crippen molar-refractivity contribution in [2.75, 3.05) is 6.61 Å². The van der Waals surface area contributed by atoms with Crippen LogP contribution in [-0.2, 0) is 11.2 Å². The molecule has 0 spiro atoms. The Morgan fingerprint density at radius 3 is 2.59 bits per heavy atom. The van der Waals surface area contributed by atoms with E-state index < -0.39 is 5.97 Å². The lowest BCUT2D eigenvalue weighted by atomic mass is 9.83. The molecule has 3 nitrogen and oxygen atoms in total. The lowest BCUT2D eigenvalue weighted by Gasteiger charge is -2.21. The standard InChI is InChI=1S/C24H28O3/c1-16(24(25)26)23(18-10-11-18)19-8-5-9-22(14-19)27-15-21-13-20(21)12-17-6-3-2-4-7-17/h2-9,14,16,18,20-21,23H,10-13,15H2,1H3,(H,25,26)/t16-,20?,21?,23-/m0/s1. The molecule has 2 aromatic carbocycles. The molecular formula is C24H28O3. The zero-order valence-electron chi connectivity index (χ0n) is 15.9. The minimum Gasteiger partial charge on any atom is -0.493 e. The molecule has 2 aliphatic carbocycles. The molecule has 0 radical (unpaired) electrons. The lowest BCUT2D eigenvalue weighted by molar-refractivity contribution is -0.142. The van der Waals surface area contributed by atoms with Crippen molar-refractivity contribution in [1.29, 1.82) is 0 Å². The Balaban J connectivity index is 1.34. The van der Waals surface area contributed by atoms with Crippen molar-refractivity contribution in [3.8, 4) is 5.75 Å². The Bertz CT molecular complexity index is 781. The Kier molecular flexibility index (Phi) is 5.20. The van der Waals surface area contributed by atoms with Gasteiger partial charge in [-0.1, -0.05) is 49.4 Å². The van der Waals surface area contributed by atoms with E-state index in [0.717, 1.165) is 43.1 Å². The maximum atomic E-state index is 11.5. The average molecular weight is 364 g/mol. The van der Waals surface area contributed by atoms with E-state index in [0.29, 0.717) is 11.8 Å². The van der Waals surface area contributed by atoms with Crippen LogP contribution in [0, 0.1) is 23.7 Å². The maximum absolute atomic E-state index is 11.5. The number of carboxylic acid groups (broad SMARTS) is 1. The summed E-state index contributed by atoms with van der Waals surface area (Å²) in [6, 6.07) is 18.8. The van der Waals surface area contributed by atoms with Gasteiger partial charge in [-0.2, -0.15) is 0 Å². The normalized spacial score (nSPS) is 23.4. The van der Waals surface area contributed by atoms with Crippen LogP contribution in [0.5, 0.6) is 5.75 Å². The highest BCUT2D eigenvalue weighted by Gasteiger charge is 2.39. The first-order chi connectivity index (χ1) is 13.1. The van der Waals surface area contributed by atoms with Gasteiger partial charge < -0.3 is 9.84 Å². The van der Waals surface area contributed by atoms with Gasteiger partial charge in [-0.25, -0.2) is 0 Å². The van der Waals surface area contributed by atoms with Crippen LogP contribution in [0.15, 0.2) is 54.6 Å². The first kappa shape index (κ1) is 18.1. The van der Waals surface area contributed by atoms with Crippen LogP contribution in [-0.4, -0.2) is 17.7 Å². The molecule has 142 valence electrons. The van der Waals surface area contributed by atoms with Gasteiger partial charge in [0.25, 0.3) is 0 Å². The molecule has 27 heavy (non-hydrogen) atoms. The van der Waals surface area contributed by atoms with E-state index in [1.165, 1.54) is 12.0 Å². The second-order valence-electron chi connectivity index (χ2n) is 8.32. The summed E-state index contributed by atoms with van der Waals surface area (Å²) >= 11 is 0. The highest BCUT2D eigenvalue weighted by molar-refractivity contribution is 5.71. The minimum absolute atomic E-state index is 0.0952. The number of rotatable bonds is 9. The molecule has 0 amide bonds. The van der Waals surface area contributed by atoms with Crippen LogP contribution < -0.4 is 4.74 Å². The summed E-state index contributed by atoms with van der Waals surface area (Å²) in [6.07, 6.45) is 4.64. The Morgan fingerprint density at radius 1 is 1.11 bits per heavy atom. The minimum atomic E-state index is -0.708. The van der Waals surface area contributed by atoms with Crippen LogP contribution in [0.2, 0.25) is 0 Å². The third kappa shape index (κ3) is 4.52. The van der Waals surface area contributed by atoms with Crippen molar-refractivity contribution in [1.82, 2.24) is 0 Å². The summed E-state index contributed by atoms with van der Waals surface area (Å²) in [5.41, 5.74) is 2.52. The fourth-order valence-corrected chi connectivity index (χ4v) is 4.27. The van der Waals surface area contributed by atoms with E-state index in [1.807, 2.05) is 19.1 Å². The molecule has 0 aliphatic heterocycles. The quantitative estimate of drug-likeness (QED) is 0.669. The number of hydrogen-bond acceptors (Lipinski definition) is 2. The molecular weight excluding hydrogens is 336 g/mol. The van der Waals surface area contributed by atoms with Crippen molar-refractivity contribution in [3.63, 3.8) is 0 Å². The first-order valence-electron chi connectivity index (χ1n) is 10.1. The maximum Gasteiger partial charge on any atom is 0.306 e. The first-order valence-corrected chi connectivity index (χ1v) is 10.1. The van der Waals surface area contributed by atoms with Crippen LogP contribution in [0.4, 0.5) is 0 Å². The Labute approximate surface area is 161 Å². The molecule has 0 aromatic heterocycles. The zero-order chi connectivity index (χ0) is 18.8. The van der Waals surface area contributed by atoms with E-state index >= 15 is 0 Å². The number of aliphatic carboxylic acids is 1. The van der Waals surface area contributed by atoms with Crippen molar-refractivity contribution >= 4 is 5.97 Å². The Morgan fingerprint density at radius 2 is 1.89 bits per heavy atom. The summed E-state index contributed by atoms with van der Waals surface area (Å²) in [4.78, 5) is 11.5. The zero-order valence-corrected chi connectivity index (χ0v) is 15.9. The highest BCUT2D eigenvalue weighted by atomic mass is 16.5. The summed E-state index contributed by atoms with van der Waals surface area (Å²) < 4.78 is 6.08. The lowest BCUT2D eigenvalue weighted by Crippen LogP contribution is -2.20. The Hall–Kier alpha value is -2.29. The molecule has 1 N–H and O–H groups in total. The van der Waals surface area contributed by atoms with Crippen molar-refractivity contribution in [2.45, 2.75) is 38.5 Å². The van der Waals surface area contributed by atoms with Gasteiger partial charge in [0.15, 0.2) is 0 Å². The second kappa shape index (κ2) is 7.75. The SMILES string of the molecule is C[C@H](C(=O)O)[C@H](c1cccc(OCC2CC2Cc2ccccc2)c1)C1CC1. The molecule has 4 atom stereocenters. The smallest absolute Gasteiger partial charge is 0.306 e. The van der Waals surface area contributed by atoms with Crippen LogP contribution in [0.25, 0.3) is 0 Å². The molecule has 0 heterocycles. The third-order valence-electron chi connectivity index (χ3n) is 6.17. The predicted octanol–water partition coefficient (Wildman–Crippen LogP) is 5.16. The van der Waals surface area contributed by atoms with Crippen LogP contribution >= 0.6 is 0 Å². The fourth-order valence-electron chi connectivity index (χ4n) is 4.27. The van der Waals surface area contributed by atoms with Gasteiger partial charge in [0.2, 0.25) is 0 Å². The second-order valence-corrected chi connectivity index (χ2v) is 8.32. The molecule has 0 bridgehead atoms. The molecule has 2 fully saturated rings. The highest BCUT2D eigenvalue weighted by Crippen LogP contribution is 2.47. The third-order valence-corrected chi connectivity index (χ3v) is 6.17. The summed E-state index contributed by atoms with van der Waals surface area (Å²) in [5.74, 6) is 1.77. The average Bonchev–Trinajstić information content (AvgIpc) is 3.59. The van der Waals surface area contributed by atoms with Gasteiger partial charge in [0.1, 0.15) is 5.75 Å². The molecule has 2 aromatic rings. The number of benzene rings is 2. The molecule has 2 unspecified atom stereocenters. The topological polar surface area (TPSA) is 46.5 Å². The summed E-state index contributed by atoms with van der Waals surface area (Å²) in [7, 11) is 0. The van der Waals surface area contributed by atoms with Gasteiger partial charge in [-0.05, 0) is 72.6 Å². The molecule has 3 heteroatoms. The molecule has 2 aliphatic rings. The van der Waals surface area contributed by atoms with E-state index in [9.17, 15) is 9.90 Å². The van der Waals surface area contributed by atoms with Crippen molar-refractivity contribution < 1.29 is 14.6 Å². The monoisotopic (exact) mass is 364 g/mol. The van der Waals surface area contributed by atoms with Gasteiger partial charge in [-0.15, -0.1) is 0 Å². The summed E-state index contributed by atoms with van der Waals surface area (Å²) in [6.45, 7) is 2.58. The van der Waals surface area contributed by atoms with Gasteiger partial charge in [-0.3, -0.25) is 4.79 Å². The number of ether oxygens (including phenoxy) is 1. The van der Waals surface area contributed by atoms with Gasteiger partial charge in [0, 0.05) is 0 Å². The molecule has 4 rings (SSSR count).